The number of hydrogen-bond donors (Lipinski definition) is 1. The number of rotatable bonds is 9. The molecular weight excluding hydrogens is 508 g/mol. The van der Waals surface area contributed by atoms with Crippen molar-refractivity contribution in [1.82, 2.24) is 5.43 Å². The van der Waals surface area contributed by atoms with E-state index in [1.54, 1.807) is 12.3 Å². The van der Waals surface area contributed by atoms with Crippen molar-refractivity contribution in [1.29, 1.82) is 0 Å². The first kappa shape index (κ1) is 22.5. The van der Waals surface area contributed by atoms with Gasteiger partial charge in [-0.1, -0.05) is 62.6 Å². The molecule has 0 fully saturated rings. The number of nitrogens with zero attached hydrogens (tertiary/aromatic N) is 1. The Morgan fingerprint density at radius 1 is 1.03 bits per heavy atom. The normalized spacial score (nSPS) is 11.2. The van der Waals surface area contributed by atoms with E-state index in [9.17, 15) is 4.79 Å². The SMILES string of the molecule is CCCCCCOc1c(Br)cc(/C=N/NC(=O)c2cccc3ccccc23)cc1Br. The lowest BCUT2D eigenvalue weighted by Crippen LogP contribution is -2.17. The summed E-state index contributed by atoms with van der Waals surface area (Å²) in [6, 6.07) is 17.3. The molecule has 0 aliphatic heterocycles. The van der Waals surface area contributed by atoms with Crippen molar-refractivity contribution in [2.24, 2.45) is 5.10 Å². The van der Waals surface area contributed by atoms with E-state index < -0.39 is 0 Å². The van der Waals surface area contributed by atoms with Gasteiger partial charge in [-0.3, -0.25) is 4.79 Å². The zero-order valence-corrected chi connectivity index (χ0v) is 20.0. The molecule has 0 saturated heterocycles. The molecule has 0 spiro atoms. The molecule has 0 heterocycles. The van der Waals surface area contributed by atoms with Crippen molar-refractivity contribution >= 4 is 54.8 Å². The van der Waals surface area contributed by atoms with E-state index in [1.807, 2.05) is 48.5 Å². The minimum absolute atomic E-state index is 0.242. The molecule has 6 heteroatoms. The van der Waals surface area contributed by atoms with Crippen LogP contribution in [0.1, 0.15) is 48.5 Å². The van der Waals surface area contributed by atoms with Gasteiger partial charge in [0.05, 0.1) is 21.8 Å². The van der Waals surface area contributed by atoms with Crippen LogP contribution < -0.4 is 10.2 Å². The van der Waals surface area contributed by atoms with E-state index in [0.717, 1.165) is 37.5 Å². The minimum Gasteiger partial charge on any atom is -0.491 e. The highest BCUT2D eigenvalue weighted by molar-refractivity contribution is 9.11. The Labute approximate surface area is 194 Å². The summed E-state index contributed by atoms with van der Waals surface area (Å²) in [7, 11) is 0. The van der Waals surface area contributed by atoms with Gasteiger partial charge in [0, 0.05) is 5.56 Å². The summed E-state index contributed by atoms with van der Waals surface area (Å²) in [5, 5.41) is 6.05. The van der Waals surface area contributed by atoms with Crippen molar-refractivity contribution < 1.29 is 9.53 Å². The van der Waals surface area contributed by atoms with Crippen molar-refractivity contribution in [2.45, 2.75) is 32.6 Å². The van der Waals surface area contributed by atoms with Crippen LogP contribution in [-0.4, -0.2) is 18.7 Å². The van der Waals surface area contributed by atoms with Gasteiger partial charge >= 0.3 is 0 Å². The number of carbonyl (C=O) groups is 1. The number of amides is 1. The van der Waals surface area contributed by atoms with Crippen molar-refractivity contribution in [3.63, 3.8) is 0 Å². The molecule has 1 N–H and O–H groups in total. The van der Waals surface area contributed by atoms with Crippen LogP contribution in [0, 0.1) is 0 Å². The molecule has 156 valence electrons. The quantitative estimate of drug-likeness (QED) is 0.182. The first-order valence-corrected chi connectivity index (χ1v) is 11.6. The molecule has 0 radical (unpaired) electrons. The van der Waals surface area contributed by atoms with E-state index in [4.69, 9.17) is 4.74 Å². The number of hydrogen-bond acceptors (Lipinski definition) is 3. The number of ether oxygens (including phenoxy) is 1. The fourth-order valence-corrected chi connectivity index (χ4v) is 4.59. The van der Waals surface area contributed by atoms with E-state index in [1.165, 1.54) is 19.3 Å². The maximum Gasteiger partial charge on any atom is 0.271 e. The Bertz CT molecular complexity index is 1020. The van der Waals surface area contributed by atoms with Gasteiger partial charge in [-0.05, 0) is 72.8 Å². The van der Waals surface area contributed by atoms with Gasteiger partial charge in [0.2, 0.25) is 0 Å². The molecule has 1 amide bonds. The lowest BCUT2D eigenvalue weighted by atomic mass is 10.0. The number of halogens is 2. The van der Waals surface area contributed by atoms with Gasteiger partial charge in [0.15, 0.2) is 0 Å². The minimum atomic E-state index is -0.242. The molecule has 0 atom stereocenters. The second-order valence-electron chi connectivity index (χ2n) is 6.95. The molecule has 0 aliphatic carbocycles. The fraction of sp³-hybridized carbons (Fsp3) is 0.250. The first-order chi connectivity index (χ1) is 14.6. The van der Waals surface area contributed by atoms with Crippen LogP contribution >= 0.6 is 31.9 Å². The number of benzene rings is 3. The summed E-state index contributed by atoms with van der Waals surface area (Å²) in [6.45, 7) is 2.88. The molecule has 3 aromatic rings. The summed E-state index contributed by atoms with van der Waals surface area (Å²) >= 11 is 7.12. The number of carbonyl (C=O) groups excluding carboxylic acids is 1. The summed E-state index contributed by atoms with van der Waals surface area (Å²) in [5.41, 5.74) is 4.05. The van der Waals surface area contributed by atoms with Gasteiger partial charge in [0.1, 0.15) is 5.75 Å². The number of nitrogens with one attached hydrogen (secondary N) is 1. The highest BCUT2D eigenvalue weighted by Gasteiger charge is 2.10. The first-order valence-electron chi connectivity index (χ1n) is 10.0. The highest BCUT2D eigenvalue weighted by atomic mass is 79.9. The van der Waals surface area contributed by atoms with Crippen molar-refractivity contribution in [2.75, 3.05) is 6.61 Å². The molecule has 30 heavy (non-hydrogen) atoms. The summed E-state index contributed by atoms with van der Waals surface area (Å²) in [5.74, 6) is 0.539. The average molecular weight is 532 g/mol. The van der Waals surface area contributed by atoms with Gasteiger partial charge in [-0.15, -0.1) is 0 Å². The predicted octanol–water partition coefficient (Wildman–Crippen LogP) is 7.09. The van der Waals surface area contributed by atoms with Crippen LogP contribution in [0.4, 0.5) is 0 Å². The number of unbranched alkanes of at least 4 members (excludes halogenated alkanes) is 3. The summed E-state index contributed by atoms with van der Waals surface area (Å²) < 4.78 is 7.59. The lowest BCUT2D eigenvalue weighted by Gasteiger charge is -2.11. The van der Waals surface area contributed by atoms with Gasteiger partial charge < -0.3 is 4.74 Å². The van der Waals surface area contributed by atoms with E-state index in [0.29, 0.717) is 12.2 Å². The Hall–Kier alpha value is -2.18. The second kappa shape index (κ2) is 11.3. The molecular formula is C24H24Br2N2O2. The standard InChI is InChI=1S/C24H24Br2N2O2/c1-2-3-4-7-13-30-23-21(25)14-17(15-22(23)26)16-27-28-24(29)20-12-8-10-18-9-5-6-11-19(18)20/h5-6,8-12,14-16H,2-4,7,13H2,1H3,(H,28,29)/b27-16+. The largest absolute Gasteiger partial charge is 0.491 e. The fourth-order valence-electron chi connectivity index (χ4n) is 3.14. The second-order valence-corrected chi connectivity index (χ2v) is 8.66. The Balaban J connectivity index is 1.64. The molecule has 0 aromatic heterocycles. The third-order valence-electron chi connectivity index (χ3n) is 4.68. The molecule has 3 rings (SSSR count). The third-order valence-corrected chi connectivity index (χ3v) is 5.86. The van der Waals surface area contributed by atoms with Crippen LogP contribution in [0.15, 0.2) is 68.6 Å². The maximum absolute atomic E-state index is 12.6. The smallest absolute Gasteiger partial charge is 0.271 e. The van der Waals surface area contributed by atoms with Gasteiger partial charge in [-0.25, -0.2) is 5.43 Å². The van der Waals surface area contributed by atoms with Crippen LogP contribution in [0.5, 0.6) is 5.75 Å². The van der Waals surface area contributed by atoms with E-state index in [2.05, 4.69) is 49.3 Å². The third kappa shape index (κ3) is 5.92. The van der Waals surface area contributed by atoms with E-state index >= 15 is 0 Å². The zero-order chi connectivity index (χ0) is 21.3. The monoisotopic (exact) mass is 530 g/mol. The van der Waals surface area contributed by atoms with Gasteiger partial charge in [0.25, 0.3) is 5.91 Å². The van der Waals surface area contributed by atoms with Crippen LogP contribution in [-0.2, 0) is 0 Å². The summed E-state index contributed by atoms with van der Waals surface area (Å²) in [4.78, 5) is 12.6. The molecule has 3 aromatic carbocycles. The van der Waals surface area contributed by atoms with Crippen LogP contribution in [0.3, 0.4) is 0 Å². The van der Waals surface area contributed by atoms with Crippen LogP contribution in [0.2, 0.25) is 0 Å². The predicted molar refractivity (Wildman–Crippen MR) is 130 cm³/mol. The Kier molecular flexibility index (Phi) is 8.46. The molecule has 0 bridgehead atoms. The van der Waals surface area contributed by atoms with Crippen LogP contribution in [0.25, 0.3) is 10.8 Å². The zero-order valence-electron chi connectivity index (χ0n) is 16.8. The average Bonchev–Trinajstić information content (AvgIpc) is 2.74. The van der Waals surface area contributed by atoms with Crippen molar-refractivity contribution in [3.8, 4) is 5.75 Å². The van der Waals surface area contributed by atoms with Gasteiger partial charge in [-0.2, -0.15) is 5.10 Å². The van der Waals surface area contributed by atoms with Crippen molar-refractivity contribution in [3.05, 3.63) is 74.7 Å². The molecule has 0 aliphatic rings. The molecule has 4 nitrogen and oxygen atoms in total. The Morgan fingerprint density at radius 3 is 2.53 bits per heavy atom. The topological polar surface area (TPSA) is 50.7 Å². The van der Waals surface area contributed by atoms with E-state index in [-0.39, 0.29) is 5.91 Å². The Morgan fingerprint density at radius 2 is 1.77 bits per heavy atom. The summed E-state index contributed by atoms with van der Waals surface area (Å²) in [6.07, 6.45) is 6.26. The number of fused-ring (bicyclic) bond motifs is 1. The lowest BCUT2D eigenvalue weighted by molar-refractivity contribution is 0.0957. The maximum atomic E-state index is 12.6. The number of hydrazone groups is 1. The molecule has 0 saturated carbocycles. The highest BCUT2D eigenvalue weighted by Crippen LogP contribution is 2.34. The molecule has 0 unspecified atom stereocenters.